The Hall–Kier alpha value is -1.81. The fraction of sp³-hybridized carbons (Fsp3) is 0.476. The van der Waals surface area contributed by atoms with Gasteiger partial charge in [-0.15, -0.1) is 11.3 Å². The number of hydrogen-bond donors (Lipinski definition) is 0. The lowest BCUT2D eigenvalue weighted by molar-refractivity contribution is 0.0619. The van der Waals surface area contributed by atoms with Gasteiger partial charge in [-0.2, -0.15) is 0 Å². The minimum Gasteiger partial charge on any atom is -0.488 e. The molecule has 5 rings (SSSR count). The van der Waals surface area contributed by atoms with Crippen molar-refractivity contribution in [3.05, 3.63) is 40.8 Å². The number of ether oxygens (including phenoxy) is 1. The minimum absolute atomic E-state index is 0.256. The van der Waals surface area contributed by atoms with E-state index in [-0.39, 0.29) is 5.91 Å². The van der Waals surface area contributed by atoms with Crippen LogP contribution in [0.2, 0.25) is 0 Å². The maximum Gasteiger partial charge on any atom is 0.264 e. The third-order valence-corrected chi connectivity index (χ3v) is 6.88. The summed E-state index contributed by atoms with van der Waals surface area (Å²) in [6.45, 7) is 0.572. The molecule has 2 saturated carbocycles. The number of hydrogen-bond acceptors (Lipinski definition) is 3. The van der Waals surface area contributed by atoms with Crippen molar-refractivity contribution in [2.45, 2.75) is 63.6 Å². The zero-order chi connectivity index (χ0) is 16.8. The van der Waals surface area contributed by atoms with Gasteiger partial charge in [0, 0.05) is 28.1 Å². The summed E-state index contributed by atoms with van der Waals surface area (Å²) in [5.74, 6) is 1.19. The molecule has 0 unspecified atom stereocenters. The predicted molar refractivity (Wildman–Crippen MR) is 100 cm³/mol. The van der Waals surface area contributed by atoms with Crippen LogP contribution in [-0.2, 0) is 6.61 Å². The minimum atomic E-state index is 0.256. The Morgan fingerprint density at radius 1 is 1.04 bits per heavy atom. The van der Waals surface area contributed by atoms with E-state index in [1.165, 1.54) is 49.8 Å². The highest BCUT2D eigenvalue weighted by atomic mass is 32.1. The molecule has 130 valence electrons. The van der Waals surface area contributed by atoms with Crippen molar-refractivity contribution >= 4 is 17.2 Å². The van der Waals surface area contributed by atoms with Crippen molar-refractivity contribution in [2.24, 2.45) is 0 Å². The van der Waals surface area contributed by atoms with Crippen molar-refractivity contribution in [3.63, 3.8) is 0 Å². The molecule has 1 aliphatic heterocycles. The van der Waals surface area contributed by atoms with Crippen molar-refractivity contribution in [3.8, 4) is 16.2 Å². The van der Waals surface area contributed by atoms with Crippen LogP contribution in [0, 0.1) is 0 Å². The van der Waals surface area contributed by atoms with Gasteiger partial charge in [0.2, 0.25) is 0 Å². The van der Waals surface area contributed by atoms with Crippen LogP contribution in [0.5, 0.6) is 5.75 Å². The Labute approximate surface area is 152 Å². The molecule has 2 aromatic rings. The third-order valence-electron chi connectivity index (χ3n) is 5.68. The molecule has 2 heterocycles. The summed E-state index contributed by atoms with van der Waals surface area (Å²) in [6, 6.07) is 11.2. The number of fused-ring (bicyclic) bond motifs is 3. The molecule has 0 atom stereocenters. The van der Waals surface area contributed by atoms with Crippen molar-refractivity contribution in [1.29, 1.82) is 0 Å². The smallest absolute Gasteiger partial charge is 0.264 e. The third kappa shape index (κ3) is 2.77. The summed E-state index contributed by atoms with van der Waals surface area (Å²) in [6.07, 6.45) is 8.58. The van der Waals surface area contributed by atoms with E-state index in [0.29, 0.717) is 18.7 Å². The van der Waals surface area contributed by atoms with Crippen LogP contribution in [-0.4, -0.2) is 22.9 Å². The molecule has 1 amide bonds. The molecule has 0 spiro atoms. The van der Waals surface area contributed by atoms with Crippen LogP contribution >= 0.6 is 11.3 Å². The fourth-order valence-corrected chi connectivity index (χ4v) is 5.42. The van der Waals surface area contributed by atoms with Crippen LogP contribution in [0.15, 0.2) is 30.3 Å². The number of benzene rings is 1. The molecular formula is C21H23NO2S. The predicted octanol–water partition coefficient (Wildman–Crippen LogP) is 5.24. The van der Waals surface area contributed by atoms with Gasteiger partial charge in [-0.25, -0.2) is 0 Å². The van der Waals surface area contributed by atoms with E-state index in [1.54, 1.807) is 11.3 Å². The van der Waals surface area contributed by atoms with Crippen LogP contribution in [0.3, 0.4) is 0 Å². The van der Waals surface area contributed by atoms with E-state index >= 15 is 0 Å². The van der Waals surface area contributed by atoms with E-state index in [4.69, 9.17) is 4.74 Å². The van der Waals surface area contributed by atoms with Crippen molar-refractivity contribution in [2.75, 3.05) is 0 Å². The lowest BCUT2D eigenvalue weighted by Crippen LogP contribution is -2.42. The van der Waals surface area contributed by atoms with E-state index < -0.39 is 0 Å². The maximum absolute atomic E-state index is 13.4. The highest BCUT2D eigenvalue weighted by Crippen LogP contribution is 2.43. The van der Waals surface area contributed by atoms with Gasteiger partial charge >= 0.3 is 0 Å². The van der Waals surface area contributed by atoms with Crippen molar-refractivity contribution in [1.82, 2.24) is 4.90 Å². The Balaban J connectivity index is 1.47. The Kier molecular flexibility index (Phi) is 3.81. The quantitative estimate of drug-likeness (QED) is 0.755. The summed E-state index contributed by atoms with van der Waals surface area (Å²) in [5, 5.41) is 0. The molecule has 25 heavy (non-hydrogen) atoms. The summed E-state index contributed by atoms with van der Waals surface area (Å²) in [5.41, 5.74) is 2.29. The standard InChI is InChI=1S/C21H23NO2S/c23-21(22(16-10-11-16)15-6-2-1-3-7-15)19-12-14-13-24-18-9-5-4-8-17(18)20(14)25-19/h4-5,8-9,12,15-16H,1-3,6-7,10-11,13H2. The molecular weight excluding hydrogens is 330 g/mol. The molecule has 3 nitrogen and oxygen atoms in total. The monoisotopic (exact) mass is 353 g/mol. The molecule has 0 N–H and O–H groups in total. The first-order valence-electron chi connectivity index (χ1n) is 9.49. The fourth-order valence-electron chi connectivity index (χ4n) is 4.27. The zero-order valence-corrected chi connectivity index (χ0v) is 15.2. The number of carbonyl (C=O) groups is 1. The number of nitrogens with zero attached hydrogens (tertiary/aromatic N) is 1. The number of thiophene rings is 1. The second kappa shape index (κ2) is 6.17. The second-order valence-corrected chi connectivity index (χ2v) is 8.54. The second-order valence-electron chi connectivity index (χ2n) is 7.49. The van der Waals surface area contributed by atoms with Crippen LogP contribution < -0.4 is 4.74 Å². The highest BCUT2D eigenvalue weighted by molar-refractivity contribution is 7.17. The summed E-state index contributed by atoms with van der Waals surface area (Å²) >= 11 is 1.65. The number of carbonyl (C=O) groups excluding carboxylic acids is 1. The maximum atomic E-state index is 13.4. The summed E-state index contributed by atoms with van der Waals surface area (Å²) in [7, 11) is 0. The molecule has 0 saturated heterocycles. The first-order chi connectivity index (χ1) is 12.3. The largest absolute Gasteiger partial charge is 0.488 e. The molecule has 1 aromatic heterocycles. The van der Waals surface area contributed by atoms with Gasteiger partial charge < -0.3 is 9.64 Å². The highest BCUT2D eigenvalue weighted by Gasteiger charge is 2.39. The average Bonchev–Trinajstić information content (AvgIpc) is 3.39. The Morgan fingerprint density at radius 2 is 1.80 bits per heavy atom. The Bertz CT molecular complexity index is 802. The topological polar surface area (TPSA) is 29.5 Å². The van der Waals surface area contributed by atoms with E-state index in [9.17, 15) is 4.79 Å². The lowest BCUT2D eigenvalue weighted by atomic mass is 9.94. The summed E-state index contributed by atoms with van der Waals surface area (Å²) < 4.78 is 5.86. The molecule has 1 aromatic carbocycles. The van der Waals surface area contributed by atoms with Gasteiger partial charge in [0.05, 0.1) is 4.88 Å². The molecule has 4 heteroatoms. The van der Waals surface area contributed by atoms with E-state index in [0.717, 1.165) is 21.8 Å². The number of rotatable bonds is 3. The Morgan fingerprint density at radius 3 is 2.60 bits per heavy atom. The van der Waals surface area contributed by atoms with Gasteiger partial charge in [0.15, 0.2) is 0 Å². The van der Waals surface area contributed by atoms with Gasteiger partial charge in [-0.3, -0.25) is 4.79 Å². The number of amides is 1. The molecule has 3 aliphatic rings. The van der Waals surface area contributed by atoms with Gasteiger partial charge in [0.25, 0.3) is 5.91 Å². The zero-order valence-electron chi connectivity index (χ0n) is 14.4. The van der Waals surface area contributed by atoms with Crippen LogP contribution in [0.25, 0.3) is 10.4 Å². The van der Waals surface area contributed by atoms with Crippen LogP contribution in [0.4, 0.5) is 0 Å². The SMILES string of the molecule is O=C(c1cc2c(s1)-c1ccccc1OC2)N(C1CCCCC1)C1CC1. The van der Waals surface area contributed by atoms with E-state index in [1.807, 2.05) is 18.2 Å². The van der Waals surface area contributed by atoms with Crippen molar-refractivity contribution < 1.29 is 9.53 Å². The normalized spacial score (nSPS) is 19.7. The van der Waals surface area contributed by atoms with Gasteiger partial charge in [-0.05, 0) is 43.9 Å². The molecule has 2 aliphatic carbocycles. The van der Waals surface area contributed by atoms with E-state index in [2.05, 4.69) is 17.0 Å². The van der Waals surface area contributed by atoms with Crippen LogP contribution in [0.1, 0.15) is 60.2 Å². The van der Waals surface area contributed by atoms with Gasteiger partial charge in [-0.1, -0.05) is 31.4 Å². The lowest BCUT2D eigenvalue weighted by Gasteiger charge is -2.34. The first kappa shape index (κ1) is 15.4. The first-order valence-corrected chi connectivity index (χ1v) is 10.3. The number of para-hydroxylation sites is 1. The molecule has 0 radical (unpaired) electrons. The average molecular weight is 353 g/mol. The molecule has 2 fully saturated rings. The summed E-state index contributed by atoms with van der Waals surface area (Å²) in [4.78, 5) is 17.7. The van der Waals surface area contributed by atoms with Gasteiger partial charge in [0.1, 0.15) is 12.4 Å². The molecule has 0 bridgehead atoms.